The van der Waals surface area contributed by atoms with E-state index >= 15 is 0 Å². The molecule has 0 aliphatic heterocycles. The summed E-state index contributed by atoms with van der Waals surface area (Å²) in [5, 5.41) is 0.740. The molecule has 0 amide bonds. The van der Waals surface area contributed by atoms with Gasteiger partial charge in [0.05, 0.1) is 10.0 Å². The van der Waals surface area contributed by atoms with Gasteiger partial charge in [-0.15, -0.1) is 0 Å². The van der Waals surface area contributed by atoms with Crippen LogP contribution in [0.2, 0.25) is 10.0 Å². The molecule has 0 radical (unpaired) electrons. The normalized spacial score (nSPS) is 26.5. The zero-order valence-electron chi connectivity index (χ0n) is 11.9. The zero-order chi connectivity index (χ0) is 14.8. The quantitative estimate of drug-likeness (QED) is 0.717. The number of benzene rings is 1. The molecule has 4 heteroatoms. The van der Waals surface area contributed by atoms with Crippen molar-refractivity contribution in [2.45, 2.75) is 45.1 Å². The predicted molar refractivity (Wildman–Crippen MR) is 82.8 cm³/mol. The van der Waals surface area contributed by atoms with Gasteiger partial charge in [-0.25, -0.2) is 0 Å². The minimum absolute atomic E-state index is 0.0293. The summed E-state index contributed by atoms with van der Waals surface area (Å²) in [6.45, 7) is 4.62. The van der Waals surface area contributed by atoms with Crippen molar-refractivity contribution in [2.75, 3.05) is 6.61 Å². The number of hydrogen-bond donors (Lipinski definition) is 0. The second kappa shape index (κ2) is 6.46. The number of carbonyl (C=O) groups is 1. The summed E-state index contributed by atoms with van der Waals surface area (Å²) >= 11 is 12.2. The average Bonchev–Trinajstić information content (AvgIpc) is 2.41. The average molecular weight is 315 g/mol. The summed E-state index contributed by atoms with van der Waals surface area (Å²) in [7, 11) is 0. The summed E-state index contributed by atoms with van der Waals surface area (Å²) in [5.41, 5.74) is -0.262. The Kier molecular flexibility index (Phi) is 5.11. The third kappa shape index (κ3) is 3.03. The zero-order valence-corrected chi connectivity index (χ0v) is 13.4. The molecule has 2 rings (SSSR count). The molecule has 1 saturated carbocycles. The van der Waals surface area contributed by atoms with Crippen LogP contribution >= 0.6 is 23.2 Å². The van der Waals surface area contributed by atoms with Gasteiger partial charge in [0.15, 0.2) is 5.78 Å². The monoisotopic (exact) mass is 314 g/mol. The van der Waals surface area contributed by atoms with E-state index in [0.717, 1.165) is 25.7 Å². The number of ether oxygens (including phenoxy) is 1. The van der Waals surface area contributed by atoms with E-state index in [1.54, 1.807) is 18.2 Å². The SMILES string of the molecule is CCOC1(C(=O)c2cccc(Cl)c2Cl)CCCC(C)C1. The van der Waals surface area contributed by atoms with Crippen molar-refractivity contribution >= 4 is 29.0 Å². The number of halogens is 2. The summed E-state index contributed by atoms with van der Waals surface area (Å²) in [4.78, 5) is 13.0. The van der Waals surface area contributed by atoms with Gasteiger partial charge in [0.1, 0.15) is 5.60 Å². The molecule has 0 bridgehead atoms. The van der Waals surface area contributed by atoms with E-state index in [2.05, 4.69) is 6.92 Å². The highest BCUT2D eigenvalue weighted by molar-refractivity contribution is 6.44. The lowest BCUT2D eigenvalue weighted by Gasteiger charge is -2.38. The van der Waals surface area contributed by atoms with Crippen LogP contribution in [0.1, 0.15) is 49.9 Å². The van der Waals surface area contributed by atoms with Gasteiger partial charge in [0, 0.05) is 12.2 Å². The van der Waals surface area contributed by atoms with Crippen LogP contribution in [0.5, 0.6) is 0 Å². The first-order chi connectivity index (χ1) is 9.50. The molecule has 1 fully saturated rings. The molecule has 0 N–H and O–H groups in total. The maximum atomic E-state index is 13.0. The van der Waals surface area contributed by atoms with Gasteiger partial charge in [-0.05, 0) is 44.2 Å². The molecular formula is C16H20Cl2O2. The minimum atomic E-state index is -0.735. The van der Waals surface area contributed by atoms with Crippen molar-refractivity contribution in [1.29, 1.82) is 0 Å². The van der Waals surface area contributed by atoms with Gasteiger partial charge in [0.2, 0.25) is 0 Å². The topological polar surface area (TPSA) is 26.3 Å². The number of hydrogen-bond acceptors (Lipinski definition) is 2. The molecule has 2 atom stereocenters. The molecule has 0 spiro atoms. The summed E-state index contributed by atoms with van der Waals surface area (Å²) < 4.78 is 5.90. The van der Waals surface area contributed by atoms with Crippen LogP contribution < -0.4 is 0 Å². The van der Waals surface area contributed by atoms with E-state index in [1.165, 1.54) is 0 Å². The van der Waals surface area contributed by atoms with Crippen LogP contribution in [0.25, 0.3) is 0 Å². The highest BCUT2D eigenvalue weighted by Crippen LogP contribution is 2.39. The van der Waals surface area contributed by atoms with Crippen LogP contribution in [-0.4, -0.2) is 18.0 Å². The van der Waals surface area contributed by atoms with Crippen molar-refractivity contribution in [3.8, 4) is 0 Å². The largest absolute Gasteiger partial charge is 0.367 e. The van der Waals surface area contributed by atoms with Gasteiger partial charge in [0.25, 0.3) is 0 Å². The lowest BCUT2D eigenvalue weighted by atomic mass is 9.74. The van der Waals surface area contributed by atoms with Crippen LogP contribution in [0.4, 0.5) is 0 Å². The Morgan fingerprint density at radius 3 is 2.85 bits per heavy atom. The number of carbonyl (C=O) groups excluding carboxylic acids is 1. The Bertz CT molecular complexity index is 497. The van der Waals surface area contributed by atoms with E-state index in [4.69, 9.17) is 27.9 Å². The summed E-state index contributed by atoms with van der Waals surface area (Å²) in [6.07, 6.45) is 3.66. The standard InChI is InChI=1S/C16H20Cl2O2/c1-3-20-16(9-5-6-11(2)10-16)15(19)12-7-4-8-13(17)14(12)18/h4,7-8,11H,3,5-6,9-10H2,1-2H3. The molecule has 2 unspecified atom stereocenters. The van der Waals surface area contributed by atoms with Gasteiger partial charge < -0.3 is 4.74 Å². The highest BCUT2D eigenvalue weighted by atomic mass is 35.5. The van der Waals surface area contributed by atoms with Crippen molar-refractivity contribution in [3.63, 3.8) is 0 Å². The van der Waals surface area contributed by atoms with Gasteiger partial charge in [-0.2, -0.15) is 0 Å². The van der Waals surface area contributed by atoms with Crippen LogP contribution in [0.15, 0.2) is 18.2 Å². The molecule has 2 nitrogen and oxygen atoms in total. The highest BCUT2D eigenvalue weighted by Gasteiger charge is 2.43. The minimum Gasteiger partial charge on any atom is -0.367 e. The molecule has 110 valence electrons. The number of Topliss-reactive ketones (excluding diaryl/α,β-unsaturated/α-hetero) is 1. The van der Waals surface area contributed by atoms with Crippen LogP contribution in [-0.2, 0) is 4.74 Å². The number of ketones is 1. The first-order valence-corrected chi connectivity index (χ1v) is 7.88. The lowest BCUT2D eigenvalue weighted by Crippen LogP contribution is -2.45. The maximum Gasteiger partial charge on any atom is 0.196 e. The smallest absolute Gasteiger partial charge is 0.196 e. The van der Waals surface area contributed by atoms with Crippen LogP contribution in [0, 0.1) is 5.92 Å². The van der Waals surface area contributed by atoms with Crippen molar-refractivity contribution in [3.05, 3.63) is 33.8 Å². The van der Waals surface area contributed by atoms with E-state index in [0.29, 0.717) is 28.1 Å². The molecule has 1 aliphatic carbocycles. The maximum absolute atomic E-state index is 13.0. The second-order valence-electron chi connectivity index (χ2n) is 5.56. The molecule has 0 aromatic heterocycles. The molecule has 20 heavy (non-hydrogen) atoms. The Morgan fingerprint density at radius 2 is 2.20 bits per heavy atom. The first kappa shape index (κ1) is 15.8. The first-order valence-electron chi connectivity index (χ1n) is 7.13. The fraction of sp³-hybridized carbons (Fsp3) is 0.562. The van der Waals surface area contributed by atoms with Gasteiger partial charge in [-0.1, -0.05) is 42.6 Å². The molecule has 0 saturated heterocycles. The van der Waals surface area contributed by atoms with Crippen LogP contribution in [0.3, 0.4) is 0 Å². The van der Waals surface area contributed by atoms with Gasteiger partial charge in [-0.3, -0.25) is 4.79 Å². The van der Waals surface area contributed by atoms with E-state index in [9.17, 15) is 4.79 Å². The van der Waals surface area contributed by atoms with Crippen molar-refractivity contribution in [1.82, 2.24) is 0 Å². The van der Waals surface area contributed by atoms with Gasteiger partial charge >= 0.3 is 0 Å². The Labute approximate surface area is 130 Å². The summed E-state index contributed by atoms with van der Waals surface area (Å²) in [5.74, 6) is 0.454. The Hall–Kier alpha value is -0.570. The molecular weight excluding hydrogens is 295 g/mol. The summed E-state index contributed by atoms with van der Waals surface area (Å²) in [6, 6.07) is 5.18. The molecule has 1 aromatic rings. The third-order valence-corrected chi connectivity index (χ3v) is 4.81. The number of rotatable bonds is 4. The third-order valence-electron chi connectivity index (χ3n) is 3.99. The Balaban J connectivity index is 2.38. The van der Waals surface area contributed by atoms with Crippen molar-refractivity contribution < 1.29 is 9.53 Å². The van der Waals surface area contributed by atoms with E-state index < -0.39 is 5.60 Å². The van der Waals surface area contributed by atoms with E-state index in [1.807, 2.05) is 6.92 Å². The fourth-order valence-corrected chi connectivity index (χ4v) is 3.49. The molecule has 0 heterocycles. The lowest BCUT2D eigenvalue weighted by molar-refractivity contribution is -0.0511. The Morgan fingerprint density at radius 1 is 1.45 bits per heavy atom. The molecule has 1 aromatic carbocycles. The van der Waals surface area contributed by atoms with E-state index in [-0.39, 0.29) is 5.78 Å². The predicted octanol–water partition coefficient (Wildman–Crippen LogP) is 5.16. The second-order valence-corrected chi connectivity index (χ2v) is 6.34. The molecule has 1 aliphatic rings. The fourth-order valence-electron chi connectivity index (χ4n) is 3.11. The van der Waals surface area contributed by atoms with Crippen molar-refractivity contribution in [2.24, 2.45) is 5.92 Å².